The molecule has 3 saturated carbocycles. The fourth-order valence-electron chi connectivity index (χ4n) is 6.16. The molecule has 5 fully saturated rings. The van der Waals surface area contributed by atoms with Gasteiger partial charge in [0.25, 0.3) is 5.91 Å². The molecule has 0 spiro atoms. The zero-order chi connectivity index (χ0) is 20.9. The Kier molecular flexibility index (Phi) is 5.52. The third-order valence-electron chi connectivity index (χ3n) is 8.23. The van der Waals surface area contributed by atoms with Crippen LogP contribution in [-0.4, -0.2) is 94.4 Å². The summed E-state index contributed by atoms with van der Waals surface area (Å²) in [4.78, 5) is 31.4. The van der Waals surface area contributed by atoms with Gasteiger partial charge in [-0.3, -0.25) is 19.8 Å². The number of piperazine rings is 1. The minimum absolute atomic E-state index is 0.00851. The summed E-state index contributed by atoms with van der Waals surface area (Å²) in [5, 5.41) is 13.4. The zero-order valence-electron chi connectivity index (χ0n) is 17.8. The summed E-state index contributed by atoms with van der Waals surface area (Å²) in [7, 11) is 0. The van der Waals surface area contributed by atoms with E-state index in [-0.39, 0.29) is 23.8 Å². The van der Waals surface area contributed by atoms with E-state index < -0.39 is 11.8 Å². The second kappa shape index (κ2) is 8.02. The van der Waals surface area contributed by atoms with Gasteiger partial charge in [-0.15, -0.1) is 0 Å². The molecule has 2 amide bonds. The molecule has 2 N–H and O–H groups in total. The van der Waals surface area contributed by atoms with Crippen molar-refractivity contribution in [3.63, 3.8) is 0 Å². The van der Waals surface area contributed by atoms with Gasteiger partial charge >= 0.3 is 0 Å². The Bertz CT molecular complexity index is 671. The van der Waals surface area contributed by atoms with Crippen LogP contribution in [0.2, 0.25) is 0 Å². The largest absolute Gasteiger partial charge is 0.380 e. The molecule has 2 heterocycles. The Morgan fingerprint density at radius 2 is 1.60 bits per heavy atom. The fraction of sp³-hybridized carbons (Fsp3) is 0.909. The molecule has 2 aliphatic heterocycles. The van der Waals surface area contributed by atoms with Crippen LogP contribution in [0.3, 0.4) is 0 Å². The number of carbonyl (C=O) groups excluding carboxylic acids is 2. The summed E-state index contributed by atoms with van der Waals surface area (Å²) in [5.41, 5.74) is -1.12. The Morgan fingerprint density at radius 1 is 0.933 bits per heavy atom. The summed E-state index contributed by atoms with van der Waals surface area (Å²) in [6.07, 6.45) is 6.94. The molecule has 5 rings (SSSR count). The molecule has 0 aromatic carbocycles. The van der Waals surface area contributed by atoms with Crippen molar-refractivity contribution in [3.8, 4) is 0 Å². The number of nitrogens with zero attached hydrogens (tertiary/aromatic N) is 3. The molecule has 3 unspecified atom stereocenters. The molecular formula is C22H35FN4O3. The van der Waals surface area contributed by atoms with Gasteiger partial charge in [-0.1, -0.05) is 0 Å². The van der Waals surface area contributed by atoms with Crippen molar-refractivity contribution in [1.82, 2.24) is 20.0 Å². The molecular weight excluding hydrogens is 387 g/mol. The topological polar surface area (TPSA) is 76.1 Å². The lowest BCUT2D eigenvalue weighted by Crippen LogP contribution is -2.55. The summed E-state index contributed by atoms with van der Waals surface area (Å²) in [5.74, 6) is 0.137. The molecule has 0 aromatic heterocycles. The van der Waals surface area contributed by atoms with Gasteiger partial charge in [-0.05, 0) is 57.8 Å². The lowest BCUT2D eigenvalue weighted by Gasteiger charge is -2.41. The van der Waals surface area contributed by atoms with E-state index in [4.69, 9.17) is 0 Å². The maximum absolute atomic E-state index is 14.2. The summed E-state index contributed by atoms with van der Waals surface area (Å²) in [6, 6.07) is 0.763. The standard InChI is InChI=1S/C22H35FN4O3/c23-17-2-1-3-18-19(17)24-14-27(18)16-6-4-15(5-7-16)20(28)25-10-12-26(13-11-25)21(29)22(30)8-9-22/h15-19,24,30H,1-14H2. The molecule has 8 heteroatoms. The third-order valence-corrected chi connectivity index (χ3v) is 8.23. The molecule has 3 aliphatic carbocycles. The van der Waals surface area contributed by atoms with Crippen molar-refractivity contribution >= 4 is 11.8 Å². The fourth-order valence-corrected chi connectivity index (χ4v) is 6.16. The van der Waals surface area contributed by atoms with Crippen molar-refractivity contribution in [3.05, 3.63) is 0 Å². The van der Waals surface area contributed by atoms with E-state index in [9.17, 15) is 19.1 Å². The normalized spacial score (nSPS) is 38.9. The van der Waals surface area contributed by atoms with E-state index in [1.54, 1.807) is 4.90 Å². The highest BCUT2D eigenvalue weighted by Crippen LogP contribution is 2.38. The highest BCUT2D eigenvalue weighted by molar-refractivity contribution is 5.88. The van der Waals surface area contributed by atoms with E-state index in [0.29, 0.717) is 57.5 Å². The van der Waals surface area contributed by atoms with E-state index in [1.807, 2.05) is 4.90 Å². The van der Waals surface area contributed by atoms with Crippen LogP contribution in [-0.2, 0) is 9.59 Å². The second-order valence-electron chi connectivity index (χ2n) is 10.1. The number of rotatable bonds is 3. The molecule has 5 aliphatic rings. The first-order chi connectivity index (χ1) is 14.5. The van der Waals surface area contributed by atoms with Crippen LogP contribution < -0.4 is 5.32 Å². The van der Waals surface area contributed by atoms with E-state index >= 15 is 0 Å². The van der Waals surface area contributed by atoms with Gasteiger partial charge in [-0.2, -0.15) is 0 Å². The predicted octanol–water partition coefficient (Wildman–Crippen LogP) is 0.863. The Morgan fingerprint density at radius 3 is 2.27 bits per heavy atom. The molecule has 3 atom stereocenters. The second-order valence-corrected chi connectivity index (χ2v) is 10.1. The number of nitrogens with one attached hydrogen (secondary N) is 1. The first-order valence-electron chi connectivity index (χ1n) is 11.9. The van der Waals surface area contributed by atoms with Crippen LogP contribution in [0.1, 0.15) is 57.8 Å². The van der Waals surface area contributed by atoms with Crippen molar-refractivity contribution in [2.45, 2.75) is 87.7 Å². The number of fused-ring (bicyclic) bond motifs is 1. The number of amides is 2. The maximum Gasteiger partial charge on any atom is 0.254 e. The van der Waals surface area contributed by atoms with Crippen molar-refractivity contribution < 1.29 is 19.1 Å². The van der Waals surface area contributed by atoms with Crippen LogP contribution in [0.15, 0.2) is 0 Å². The van der Waals surface area contributed by atoms with Crippen molar-refractivity contribution in [1.29, 1.82) is 0 Å². The minimum Gasteiger partial charge on any atom is -0.380 e. The number of halogens is 1. The van der Waals surface area contributed by atoms with E-state index in [2.05, 4.69) is 10.2 Å². The third kappa shape index (κ3) is 3.75. The number of aliphatic hydroxyl groups is 1. The SMILES string of the molecule is O=C(C1CCC(N2CNC3C(F)CCCC32)CC1)N1CCN(C(=O)C2(O)CC2)CC1. The van der Waals surface area contributed by atoms with Crippen molar-refractivity contribution in [2.75, 3.05) is 32.8 Å². The van der Waals surface area contributed by atoms with Gasteiger partial charge < -0.3 is 14.9 Å². The number of hydrogen-bond acceptors (Lipinski definition) is 5. The highest BCUT2D eigenvalue weighted by Gasteiger charge is 2.50. The van der Waals surface area contributed by atoms with Crippen LogP contribution in [0, 0.1) is 5.92 Å². The lowest BCUT2D eigenvalue weighted by atomic mass is 9.82. The minimum atomic E-state index is -1.12. The molecule has 2 saturated heterocycles. The molecule has 30 heavy (non-hydrogen) atoms. The predicted molar refractivity (Wildman–Crippen MR) is 109 cm³/mol. The molecule has 168 valence electrons. The Hall–Kier alpha value is -1.25. The van der Waals surface area contributed by atoms with Crippen LogP contribution >= 0.6 is 0 Å². The molecule has 0 radical (unpaired) electrons. The first-order valence-corrected chi connectivity index (χ1v) is 11.9. The first kappa shape index (κ1) is 20.6. The van der Waals surface area contributed by atoms with Gasteiger partial charge in [0.05, 0.1) is 6.04 Å². The monoisotopic (exact) mass is 422 g/mol. The van der Waals surface area contributed by atoms with Crippen LogP contribution in [0.25, 0.3) is 0 Å². The van der Waals surface area contributed by atoms with Gasteiger partial charge in [0.15, 0.2) is 0 Å². The summed E-state index contributed by atoms with van der Waals surface area (Å²) in [6.45, 7) is 2.96. The number of alkyl halides is 1. The molecule has 0 bridgehead atoms. The van der Waals surface area contributed by atoms with Crippen LogP contribution in [0.4, 0.5) is 4.39 Å². The molecule has 0 aromatic rings. The maximum atomic E-state index is 14.2. The Labute approximate surface area is 177 Å². The van der Waals surface area contributed by atoms with Gasteiger partial charge in [0.2, 0.25) is 5.91 Å². The van der Waals surface area contributed by atoms with Gasteiger partial charge in [0.1, 0.15) is 11.8 Å². The average molecular weight is 423 g/mol. The van der Waals surface area contributed by atoms with E-state index in [1.165, 1.54) is 0 Å². The Balaban J connectivity index is 1.09. The van der Waals surface area contributed by atoms with Gasteiger partial charge in [-0.25, -0.2) is 4.39 Å². The van der Waals surface area contributed by atoms with Crippen molar-refractivity contribution in [2.24, 2.45) is 5.92 Å². The zero-order valence-corrected chi connectivity index (χ0v) is 17.8. The van der Waals surface area contributed by atoms with Gasteiger partial charge in [0, 0.05) is 50.8 Å². The summed E-state index contributed by atoms with van der Waals surface area (Å²) < 4.78 is 14.2. The van der Waals surface area contributed by atoms with E-state index in [0.717, 1.165) is 45.2 Å². The highest BCUT2D eigenvalue weighted by atomic mass is 19.1. The summed E-state index contributed by atoms with van der Waals surface area (Å²) >= 11 is 0. The van der Waals surface area contributed by atoms with Crippen LogP contribution in [0.5, 0.6) is 0 Å². The number of carbonyl (C=O) groups is 2. The average Bonchev–Trinajstić information content (AvgIpc) is 3.38. The number of hydrogen-bond donors (Lipinski definition) is 2. The lowest BCUT2D eigenvalue weighted by molar-refractivity contribution is -0.148. The smallest absolute Gasteiger partial charge is 0.254 e. The molecule has 7 nitrogen and oxygen atoms in total. The quantitative estimate of drug-likeness (QED) is 0.706.